The number of benzene rings is 1. The zero-order chi connectivity index (χ0) is 15.6. The molecule has 1 unspecified atom stereocenters. The molecule has 1 atom stereocenters. The minimum atomic E-state index is -0.127. The van der Waals surface area contributed by atoms with Gasteiger partial charge in [0, 0.05) is 11.5 Å². The largest absolute Gasteiger partial charge is 0.384 e. The average molecular weight is 284 g/mol. The molecule has 0 radical (unpaired) electrons. The second-order valence-electron chi connectivity index (χ2n) is 6.47. The number of nitrogens with one attached hydrogen (secondary N) is 1. The van der Waals surface area contributed by atoms with Crippen molar-refractivity contribution in [3.8, 4) is 0 Å². The molecule has 21 heavy (non-hydrogen) atoms. The van der Waals surface area contributed by atoms with Crippen LogP contribution in [0.1, 0.15) is 50.7 Å². The SMILES string of the molecule is Cc1ccccc1C(C)Nc1cc(N)nc(C(C)(C)C)n1. The lowest BCUT2D eigenvalue weighted by Crippen LogP contribution is -2.19. The van der Waals surface area contributed by atoms with E-state index >= 15 is 0 Å². The fourth-order valence-electron chi connectivity index (χ4n) is 2.25. The van der Waals surface area contributed by atoms with Gasteiger partial charge in [-0.1, -0.05) is 45.0 Å². The molecular weight excluding hydrogens is 260 g/mol. The van der Waals surface area contributed by atoms with E-state index in [0.29, 0.717) is 5.82 Å². The van der Waals surface area contributed by atoms with Gasteiger partial charge in [-0.2, -0.15) is 0 Å². The van der Waals surface area contributed by atoms with E-state index < -0.39 is 0 Å². The normalized spacial score (nSPS) is 13.0. The van der Waals surface area contributed by atoms with Gasteiger partial charge in [-0.05, 0) is 25.0 Å². The van der Waals surface area contributed by atoms with E-state index in [9.17, 15) is 0 Å². The zero-order valence-electron chi connectivity index (χ0n) is 13.4. The van der Waals surface area contributed by atoms with Crippen LogP contribution in [-0.4, -0.2) is 9.97 Å². The molecule has 4 nitrogen and oxygen atoms in total. The van der Waals surface area contributed by atoms with Crippen molar-refractivity contribution in [3.63, 3.8) is 0 Å². The number of nitrogens with two attached hydrogens (primary N) is 1. The fraction of sp³-hybridized carbons (Fsp3) is 0.412. The van der Waals surface area contributed by atoms with Crippen LogP contribution in [0.2, 0.25) is 0 Å². The van der Waals surface area contributed by atoms with E-state index in [2.05, 4.69) is 68.1 Å². The van der Waals surface area contributed by atoms with Crippen molar-refractivity contribution in [1.82, 2.24) is 9.97 Å². The maximum absolute atomic E-state index is 5.91. The second-order valence-corrected chi connectivity index (χ2v) is 6.47. The molecule has 1 aromatic carbocycles. The summed E-state index contributed by atoms with van der Waals surface area (Å²) in [6.45, 7) is 10.5. The number of aryl methyl sites for hydroxylation is 1. The molecule has 0 fully saturated rings. The van der Waals surface area contributed by atoms with E-state index in [1.807, 2.05) is 6.07 Å². The maximum Gasteiger partial charge on any atom is 0.138 e. The predicted octanol–water partition coefficient (Wildman–Crippen LogP) is 3.84. The number of rotatable bonds is 3. The number of aromatic nitrogens is 2. The Morgan fingerprint density at radius 1 is 1.14 bits per heavy atom. The first-order valence-electron chi connectivity index (χ1n) is 7.24. The molecule has 2 rings (SSSR count). The molecule has 0 bridgehead atoms. The topological polar surface area (TPSA) is 63.8 Å². The minimum Gasteiger partial charge on any atom is -0.384 e. The lowest BCUT2D eigenvalue weighted by Gasteiger charge is -2.21. The molecule has 4 heteroatoms. The van der Waals surface area contributed by atoms with Crippen LogP contribution in [0, 0.1) is 6.92 Å². The van der Waals surface area contributed by atoms with Gasteiger partial charge in [0.2, 0.25) is 0 Å². The third-order valence-electron chi connectivity index (χ3n) is 3.44. The molecule has 1 aromatic heterocycles. The Kier molecular flexibility index (Phi) is 4.16. The third kappa shape index (κ3) is 3.72. The molecular formula is C17H24N4. The number of anilines is 2. The highest BCUT2D eigenvalue weighted by Crippen LogP contribution is 2.24. The highest BCUT2D eigenvalue weighted by molar-refractivity contribution is 5.47. The fourth-order valence-corrected chi connectivity index (χ4v) is 2.25. The van der Waals surface area contributed by atoms with Gasteiger partial charge in [0.25, 0.3) is 0 Å². The first-order chi connectivity index (χ1) is 9.77. The molecule has 0 aliphatic carbocycles. The highest BCUT2D eigenvalue weighted by atomic mass is 15.1. The molecule has 112 valence electrons. The van der Waals surface area contributed by atoms with Crippen LogP contribution in [0.4, 0.5) is 11.6 Å². The summed E-state index contributed by atoms with van der Waals surface area (Å²) in [5, 5.41) is 3.42. The van der Waals surface area contributed by atoms with Gasteiger partial charge in [-0.15, -0.1) is 0 Å². The van der Waals surface area contributed by atoms with Gasteiger partial charge in [0.1, 0.15) is 17.5 Å². The number of hydrogen-bond donors (Lipinski definition) is 2. The number of hydrogen-bond acceptors (Lipinski definition) is 4. The van der Waals surface area contributed by atoms with Crippen LogP contribution in [0.15, 0.2) is 30.3 Å². The van der Waals surface area contributed by atoms with Gasteiger partial charge in [0.05, 0.1) is 6.04 Å². The summed E-state index contributed by atoms with van der Waals surface area (Å²) in [6, 6.07) is 10.3. The zero-order valence-corrected chi connectivity index (χ0v) is 13.4. The maximum atomic E-state index is 5.91. The van der Waals surface area contributed by atoms with Gasteiger partial charge in [0.15, 0.2) is 0 Å². The van der Waals surface area contributed by atoms with E-state index in [-0.39, 0.29) is 11.5 Å². The summed E-state index contributed by atoms with van der Waals surface area (Å²) >= 11 is 0. The molecule has 2 aromatic rings. The van der Waals surface area contributed by atoms with Crippen molar-refractivity contribution in [1.29, 1.82) is 0 Å². The number of nitrogen functional groups attached to an aromatic ring is 1. The van der Waals surface area contributed by atoms with Crippen molar-refractivity contribution >= 4 is 11.6 Å². The predicted molar refractivity (Wildman–Crippen MR) is 88.4 cm³/mol. The van der Waals surface area contributed by atoms with E-state index in [1.165, 1.54) is 11.1 Å². The minimum absolute atomic E-state index is 0.127. The van der Waals surface area contributed by atoms with Crippen LogP contribution >= 0.6 is 0 Å². The van der Waals surface area contributed by atoms with Crippen molar-refractivity contribution in [3.05, 3.63) is 47.3 Å². The van der Waals surface area contributed by atoms with Crippen LogP contribution in [-0.2, 0) is 5.41 Å². The third-order valence-corrected chi connectivity index (χ3v) is 3.44. The van der Waals surface area contributed by atoms with Crippen molar-refractivity contribution < 1.29 is 0 Å². The van der Waals surface area contributed by atoms with E-state index in [4.69, 9.17) is 5.73 Å². The Balaban J connectivity index is 2.28. The summed E-state index contributed by atoms with van der Waals surface area (Å²) in [6.07, 6.45) is 0. The van der Waals surface area contributed by atoms with E-state index in [0.717, 1.165) is 11.6 Å². The molecule has 0 amide bonds. The molecule has 0 saturated carbocycles. The molecule has 0 aliphatic rings. The lowest BCUT2D eigenvalue weighted by molar-refractivity contribution is 0.546. The standard InChI is InChI=1S/C17H24N4/c1-11-8-6-7-9-13(11)12(2)19-15-10-14(18)20-16(21-15)17(3,4)5/h6-10,12H,1-5H3,(H3,18,19,20,21). The molecule has 3 N–H and O–H groups in total. The van der Waals surface area contributed by atoms with Crippen LogP contribution < -0.4 is 11.1 Å². The van der Waals surface area contributed by atoms with Crippen molar-refractivity contribution in [2.45, 2.75) is 46.1 Å². The monoisotopic (exact) mass is 284 g/mol. The van der Waals surface area contributed by atoms with Gasteiger partial charge in [-0.3, -0.25) is 0 Å². The Morgan fingerprint density at radius 3 is 2.43 bits per heavy atom. The van der Waals surface area contributed by atoms with Crippen LogP contribution in [0.5, 0.6) is 0 Å². The second kappa shape index (κ2) is 5.72. The molecule has 0 saturated heterocycles. The number of nitrogens with zero attached hydrogens (tertiary/aromatic N) is 2. The van der Waals surface area contributed by atoms with Crippen molar-refractivity contribution in [2.24, 2.45) is 0 Å². The summed E-state index contributed by atoms with van der Waals surface area (Å²) in [7, 11) is 0. The summed E-state index contributed by atoms with van der Waals surface area (Å²) < 4.78 is 0. The quantitative estimate of drug-likeness (QED) is 0.899. The first kappa shape index (κ1) is 15.3. The Labute approximate surface area is 126 Å². The lowest BCUT2D eigenvalue weighted by atomic mass is 9.96. The Bertz CT molecular complexity index is 629. The Morgan fingerprint density at radius 2 is 1.81 bits per heavy atom. The summed E-state index contributed by atoms with van der Waals surface area (Å²) in [4.78, 5) is 8.93. The highest BCUT2D eigenvalue weighted by Gasteiger charge is 2.19. The summed E-state index contributed by atoms with van der Waals surface area (Å²) in [5.74, 6) is 2.01. The molecule has 0 spiro atoms. The molecule has 1 heterocycles. The van der Waals surface area contributed by atoms with Gasteiger partial charge < -0.3 is 11.1 Å². The smallest absolute Gasteiger partial charge is 0.138 e. The summed E-state index contributed by atoms with van der Waals surface area (Å²) in [5.41, 5.74) is 8.30. The Hall–Kier alpha value is -2.10. The average Bonchev–Trinajstić information content (AvgIpc) is 2.37. The first-order valence-corrected chi connectivity index (χ1v) is 7.24. The van der Waals surface area contributed by atoms with Gasteiger partial charge in [-0.25, -0.2) is 9.97 Å². The van der Waals surface area contributed by atoms with Gasteiger partial charge >= 0.3 is 0 Å². The van der Waals surface area contributed by atoms with Crippen LogP contribution in [0.25, 0.3) is 0 Å². The molecule has 0 aliphatic heterocycles. The van der Waals surface area contributed by atoms with E-state index in [1.54, 1.807) is 6.07 Å². The van der Waals surface area contributed by atoms with Crippen LogP contribution in [0.3, 0.4) is 0 Å². The van der Waals surface area contributed by atoms with Crippen molar-refractivity contribution in [2.75, 3.05) is 11.1 Å².